The quantitative estimate of drug-likeness (QED) is 0.834. The van der Waals surface area contributed by atoms with Crippen molar-refractivity contribution in [1.82, 2.24) is 0 Å². The fourth-order valence-electron chi connectivity index (χ4n) is 2.56. The van der Waals surface area contributed by atoms with Gasteiger partial charge in [0.25, 0.3) is 0 Å². The Labute approximate surface area is 115 Å². The van der Waals surface area contributed by atoms with Gasteiger partial charge in [0, 0.05) is 5.92 Å². The Morgan fingerprint density at radius 3 is 2.53 bits per heavy atom. The molecule has 2 atom stereocenters. The topological polar surface area (TPSA) is 43.4 Å². The van der Waals surface area contributed by atoms with Gasteiger partial charge in [-0.05, 0) is 25.5 Å². The lowest BCUT2D eigenvalue weighted by atomic mass is 10.0. The van der Waals surface area contributed by atoms with E-state index >= 15 is 0 Å². The van der Waals surface area contributed by atoms with Crippen molar-refractivity contribution < 1.29 is 13.2 Å². The fourth-order valence-corrected chi connectivity index (χ4v) is 4.42. The molecule has 0 amide bonds. The van der Waals surface area contributed by atoms with E-state index in [0.717, 1.165) is 24.8 Å². The molecule has 106 valence electrons. The number of hydrogen-bond acceptors (Lipinski definition) is 3. The van der Waals surface area contributed by atoms with Gasteiger partial charge >= 0.3 is 0 Å². The molecule has 1 aromatic rings. The zero-order valence-electron chi connectivity index (χ0n) is 11.6. The predicted molar refractivity (Wildman–Crippen MR) is 76.0 cm³/mol. The van der Waals surface area contributed by atoms with Crippen LogP contribution in [0.1, 0.15) is 31.7 Å². The Morgan fingerprint density at radius 1 is 1.21 bits per heavy atom. The third-order valence-corrected chi connectivity index (χ3v) is 6.06. The molecule has 0 spiro atoms. The molecule has 1 heterocycles. The van der Waals surface area contributed by atoms with E-state index in [-0.39, 0.29) is 11.2 Å². The molecule has 1 aliphatic heterocycles. The summed E-state index contributed by atoms with van der Waals surface area (Å²) in [5.41, 5.74) is 1.07. The number of rotatable bonds is 5. The lowest BCUT2D eigenvalue weighted by Crippen LogP contribution is -2.29. The Morgan fingerprint density at radius 2 is 1.89 bits per heavy atom. The Kier molecular flexibility index (Phi) is 4.63. The fraction of sp³-hybridized carbons (Fsp3) is 0.600. The predicted octanol–water partition coefficient (Wildman–Crippen LogP) is 2.97. The van der Waals surface area contributed by atoms with Crippen LogP contribution >= 0.6 is 0 Å². The molecule has 1 aliphatic rings. The summed E-state index contributed by atoms with van der Waals surface area (Å²) in [4.78, 5) is 0.426. The van der Waals surface area contributed by atoms with Crippen molar-refractivity contribution in [2.75, 3.05) is 13.2 Å². The standard InChI is InChI=1S/C15H22O3S/c1-3-4-5-13-10-18-11-15(13)19(16,17)14-8-6-12(2)7-9-14/h6-9,13,15H,3-5,10-11H2,1-2H3/t13-,15-/m1/s1. The first-order valence-corrected chi connectivity index (χ1v) is 8.48. The van der Waals surface area contributed by atoms with Crippen molar-refractivity contribution in [2.24, 2.45) is 5.92 Å². The minimum absolute atomic E-state index is 0.145. The molecule has 2 rings (SSSR count). The van der Waals surface area contributed by atoms with Crippen molar-refractivity contribution in [3.8, 4) is 0 Å². The molecular weight excluding hydrogens is 260 g/mol. The van der Waals surface area contributed by atoms with E-state index in [1.807, 2.05) is 19.1 Å². The Balaban J connectivity index is 2.21. The van der Waals surface area contributed by atoms with Gasteiger partial charge in [-0.1, -0.05) is 37.5 Å². The van der Waals surface area contributed by atoms with E-state index in [1.54, 1.807) is 12.1 Å². The molecule has 1 saturated heterocycles. The second-order valence-corrected chi connectivity index (χ2v) is 7.50. The molecule has 3 nitrogen and oxygen atoms in total. The van der Waals surface area contributed by atoms with Crippen LogP contribution in [-0.4, -0.2) is 26.9 Å². The number of ether oxygens (including phenoxy) is 1. The second-order valence-electron chi connectivity index (χ2n) is 5.34. The molecule has 0 radical (unpaired) electrons. The van der Waals surface area contributed by atoms with E-state index in [0.29, 0.717) is 18.1 Å². The molecule has 0 saturated carbocycles. The average molecular weight is 282 g/mol. The van der Waals surface area contributed by atoms with Gasteiger partial charge in [0.1, 0.15) is 0 Å². The molecule has 4 heteroatoms. The largest absolute Gasteiger partial charge is 0.380 e. The first kappa shape index (κ1) is 14.5. The minimum Gasteiger partial charge on any atom is -0.380 e. The summed E-state index contributed by atoms with van der Waals surface area (Å²) in [6.07, 6.45) is 3.09. The van der Waals surface area contributed by atoms with Gasteiger partial charge in [-0.3, -0.25) is 0 Å². The van der Waals surface area contributed by atoms with Crippen LogP contribution in [-0.2, 0) is 14.6 Å². The first-order valence-electron chi connectivity index (χ1n) is 6.94. The van der Waals surface area contributed by atoms with Gasteiger partial charge in [-0.25, -0.2) is 8.42 Å². The van der Waals surface area contributed by atoms with Crippen LogP contribution in [0, 0.1) is 12.8 Å². The van der Waals surface area contributed by atoms with Crippen LogP contribution < -0.4 is 0 Å². The first-order chi connectivity index (χ1) is 9.05. The summed E-state index contributed by atoms with van der Waals surface area (Å²) in [6, 6.07) is 7.12. The highest BCUT2D eigenvalue weighted by molar-refractivity contribution is 7.92. The summed E-state index contributed by atoms with van der Waals surface area (Å²) < 4.78 is 30.7. The molecule has 19 heavy (non-hydrogen) atoms. The van der Waals surface area contributed by atoms with Gasteiger partial charge in [-0.15, -0.1) is 0 Å². The smallest absolute Gasteiger partial charge is 0.183 e. The van der Waals surface area contributed by atoms with Crippen LogP contribution in [0.25, 0.3) is 0 Å². The number of sulfone groups is 1. The van der Waals surface area contributed by atoms with Crippen molar-refractivity contribution in [2.45, 2.75) is 43.3 Å². The summed E-state index contributed by atoms with van der Waals surface area (Å²) in [6.45, 7) is 5.00. The molecule has 0 unspecified atom stereocenters. The zero-order valence-corrected chi connectivity index (χ0v) is 12.4. The number of benzene rings is 1. The third-order valence-electron chi connectivity index (χ3n) is 3.82. The van der Waals surface area contributed by atoms with Crippen molar-refractivity contribution >= 4 is 9.84 Å². The van der Waals surface area contributed by atoms with E-state index in [4.69, 9.17) is 4.74 Å². The normalized spacial score (nSPS) is 23.7. The molecule has 1 fully saturated rings. The number of hydrogen-bond donors (Lipinski definition) is 0. The van der Waals surface area contributed by atoms with E-state index in [1.165, 1.54) is 0 Å². The Hall–Kier alpha value is -0.870. The summed E-state index contributed by atoms with van der Waals surface area (Å²) >= 11 is 0. The molecule has 0 bridgehead atoms. The zero-order chi connectivity index (χ0) is 13.9. The van der Waals surface area contributed by atoms with Crippen molar-refractivity contribution in [3.05, 3.63) is 29.8 Å². The number of unbranched alkanes of at least 4 members (excludes halogenated alkanes) is 1. The van der Waals surface area contributed by atoms with Crippen LogP contribution in [0.2, 0.25) is 0 Å². The van der Waals surface area contributed by atoms with Gasteiger partial charge in [0.2, 0.25) is 0 Å². The molecule has 1 aromatic carbocycles. The maximum atomic E-state index is 12.6. The third kappa shape index (κ3) is 3.18. The number of aryl methyl sites for hydroxylation is 1. The SMILES string of the molecule is CCCC[C@@H]1COC[C@H]1S(=O)(=O)c1ccc(C)cc1. The Bertz CT molecular complexity index is 505. The maximum Gasteiger partial charge on any atom is 0.183 e. The average Bonchev–Trinajstić information content (AvgIpc) is 2.86. The van der Waals surface area contributed by atoms with E-state index in [9.17, 15) is 8.42 Å². The minimum atomic E-state index is -3.26. The van der Waals surface area contributed by atoms with Crippen LogP contribution in [0.15, 0.2) is 29.2 Å². The maximum absolute atomic E-state index is 12.6. The van der Waals surface area contributed by atoms with E-state index < -0.39 is 9.84 Å². The highest BCUT2D eigenvalue weighted by Gasteiger charge is 2.38. The second kappa shape index (κ2) is 6.06. The van der Waals surface area contributed by atoms with Gasteiger partial charge in [-0.2, -0.15) is 0 Å². The lowest BCUT2D eigenvalue weighted by Gasteiger charge is -2.18. The van der Waals surface area contributed by atoms with Gasteiger partial charge < -0.3 is 4.74 Å². The molecule has 0 aromatic heterocycles. The van der Waals surface area contributed by atoms with Gasteiger partial charge in [0.05, 0.1) is 23.4 Å². The van der Waals surface area contributed by atoms with E-state index in [2.05, 4.69) is 6.92 Å². The van der Waals surface area contributed by atoms with Crippen LogP contribution in [0.3, 0.4) is 0 Å². The molecular formula is C15H22O3S. The monoisotopic (exact) mass is 282 g/mol. The molecule has 0 N–H and O–H groups in total. The summed E-state index contributed by atoms with van der Waals surface area (Å²) in [5, 5.41) is -0.373. The summed E-state index contributed by atoms with van der Waals surface area (Å²) in [5.74, 6) is 0.145. The summed E-state index contributed by atoms with van der Waals surface area (Å²) in [7, 11) is -3.26. The molecule has 0 aliphatic carbocycles. The van der Waals surface area contributed by atoms with Crippen molar-refractivity contribution in [3.63, 3.8) is 0 Å². The van der Waals surface area contributed by atoms with Gasteiger partial charge in [0.15, 0.2) is 9.84 Å². The van der Waals surface area contributed by atoms with Crippen LogP contribution in [0.4, 0.5) is 0 Å². The lowest BCUT2D eigenvalue weighted by molar-refractivity contribution is 0.184. The van der Waals surface area contributed by atoms with Crippen molar-refractivity contribution in [1.29, 1.82) is 0 Å². The highest BCUT2D eigenvalue weighted by atomic mass is 32.2. The van der Waals surface area contributed by atoms with Crippen LogP contribution in [0.5, 0.6) is 0 Å². The highest BCUT2D eigenvalue weighted by Crippen LogP contribution is 2.30.